The molecule has 1 heterocycles. The average molecular weight is 418 g/mol. The number of nitro groups is 1. The normalized spacial score (nSPS) is 17.4. The Hall–Kier alpha value is -2.64. The molecule has 1 N–H and O–H groups in total. The van der Waals surface area contributed by atoms with Crippen molar-refractivity contribution in [3.63, 3.8) is 0 Å². The Balaban J connectivity index is 1.71. The molecule has 0 saturated carbocycles. The maximum Gasteiger partial charge on any atom is 0.271 e. The second-order valence-corrected chi connectivity index (χ2v) is 7.49. The van der Waals surface area contributed by atoms with Gasteiger partial charge in [0, 0.05) is 18.2 Å². The van der Waals surface area contributed by atoms with E-state index in [0.29, 0.717) is 5.69 Å². The summed E-state index contributed by atoms with van der Waals surface area (Å²) in [5, 5.41) is 13.8. The van der Waals surface area contributed by atoms with E-state index in [2.05, 4.69) is 10.2 Å². The van der Waals surface area contributed by atoms with Crippen molar-refractivity contribution in [1.29, 1.82) is 0 Å². The minimum absolute atomic E-state index is 0.111. The Morgan fingerprint density at radius 1 is 1.24 bits per heavy atom. The molecule has 7 nitrogen and oxygen atoms in total. The van der Waals surface area contributed by atoms with E-state index in [4.69, 9.17) is 16.3 Å². The van der Waals surface area contributed by atoms with Gasteiger partial charge in [-0.2, -0.15) is 0 Å². The predicted molar refractivity (Wildman–Crippen MR) is 113 cm³/mol. The molecular weight excluding hydrogens is 394 g/mol. The van der Waals surface area contributed by atoms with Gasteiger partial charge in [-0.05, 0) is 43.1 Å². The quantitative estimate of drug-likeness (QED) is 0.538. The first kappa shape index (κ1) is 21.1. The number of likely N-dealkylation sites (tertiary alicyclic amines) is 1. The first-order chi connectivity index (χ1) is 14.0. The van der Waals surface area contributed by atoms with E-state index in [-0.39, 0.29) is 29.2 Å². The fraction of sp³-hybridized carbons (Fsp3) is 0.381. The van der Waals surface area contributed by atoms with Crippen molar-refractivity contribution in [2.45, 2.75) is 31.7 Å². The molecule has 8 heteroatoms. The first-order valence-corrected chi connectivity index (χ1v) is 9.97. The molecule has 2 aromatic carbocycles. The number of ether oxygens (including phenoxy) is 1. The van der Waals surface area contributed by atoms with E-state index >= 15 is 0 Å². The van der Waals surface area contributed by atoms with Crippen LogP contribution in [0, 0.1) is 10.1 Å². The number of nitrogens with one attached hydrogen (secondary N) is 1. The zero-order chi connectivity index (χ0) is 20.8. The van der Waals surface area contributed by atoms with Gasteiger partial charge < -0.3 is 10.1 Å². The molecule has 1 fully saturated rings. The van der Waals surface area contributed by atoms with Gasteiger partial charge in [0.1, 0.15) is 5.75 Å². The topological polar surface area (TPSA) is 84.7 Å². The Morgan fingerprint density at radius 3 is 2.66 bits per heavy atom. The van der Waals surface area contributed by atoms with Gasteiger partial charge in [-0.1, -0.05) is 36.6 Å². The summed E-state index contributed by atoms with van der Waals surface area (Å²) in [4.78, 5) is 25.2. The van der Waals surface area contributed by atoms with Gasteiger partial charge in [0.2, 0.25) is 5.91 Å². The summed E-state index contributed by atoms with van der Waals surface area (Å²) >= 11 is 6.09. The summed E-state index contributed by atoms with van der Waals surface area (Å²) in [6, 6.07) is 12.2. The van der Waals surface area contributed by atoms with Crippen LogP contribution in [0.4, 0.5) is 11.4 Å². The number of nitro benzene ring substituents is 1. The third-order valence-corrected chi connectivity index (χ3v) is 5.46. The summed E-state index contributed by atoms with van der Waals surface area (Å²) in [5.41, 5.74) is 1.42. The maximum absolute atomic E-state index is 12.7. The van der Waals surface area contributed by atoms with E-state index in [0.717, 1.165) is 43.5 Å². The number of non-ortho nitro benzene ring substituents is 1. The highest BCUT2D eigenvalue weighted by molar-refractivity contribution is 6.34. The summed E-state index contributed by atoms with van der Waals surface area (Å²) < 4.78 is 5.24. The fourth-order valence-corrected chi connectivity index (χ4v) is 3.88. The number of hydrogen-bond acceptors (Lipinski definition) is 5. The van der Waals surface area contributed by atoms with E-state index in [1.54, 1.807) is 7.11 Å². The minimum atomic E-state index is -0.520. The van der Waals surface area contributed by atoms with Crippen molar-refractivity contribution in [2.24, 2.45) is 0 Å². The monoisotopic (exact) mass is 417 g/mol. The molecule has 0 bridgehead atoms. The highest BCUT2D eigenvalue weighted by Crippen LogP contribution is 2.31. The van der Waals surface area contributed by atoms with Crippen LogP contribution in [-0.2, 0) is 4.79 Å². The lowest BCUT2D eigenvalue weighted by molar-refractivity contribution is -0.384. The molecule has 29 heavy (non-hydrogen) atoms. The number of benzene rings is 2. The number of amides is 1. The lowest BCUT2D eigenvalue weighted by Gasteiger charge is -2.30. The summed E-state index contributed by atoms with van der Waals surface area (Å²) in [7, 11) is 1.64. The first-order valence-electron chi connectivity index (χ1n) is 9.59. The lowest BCUT2D eigenvalue weighted by atomic mass is 10.0. The van der Waals surface area contributed by atoms with Crippen LogP contribution in [-0.4, -0.2) is 35.9 Å². The van der Waals surface area contributed by atoms with Crippen molar-refractivity contribution >= 4 is 28.9 Å². The van der Waals surface area contributed by atoms with Gasteiger partial charge in [0.25, 0.3) is 5.69 Å². The van der Waals surface area contributed by atoms with Crippen LogP contribution in [0.25, 0.3) is 0 Å². The molecule has 154 valence electrons. The fourth-order valence-electron chi connectivity index (χ4n) is 3.65. The molecule has 2 aromatic rings. The Labute approximate surface area is 174 Å². The van der Waals surface area contributed by atoms with Crippen LogP contribution in [0.3, 0.4) is 0 Å². The van der Waals surface area contributed by atoms with E-state index in [9.17, 15) is 14.9 Å². The minimum Gasteiger partial charge on any atom is -0.497 e. The number of halogens is 1. The number of hydrogen-bond donors (Lipinski definition) is 1. The van der Waals surface area contributed by atoms with Crippen molar-refractivity contribution < 1.29 is 14.5 Å². The van der Waals surface area contributed by atoms with Gasteiger partial charge in [0.05, 0.1) is 29.3 Å². The zero-order valence-electron chi connectivity index (χ0n) is 16.3. The van der Waals surface area contributed by atoms with Gasteiger partial charge in [0.15, 0.2) is 0 Å². The number of methoxy groups -OCH3 is 1. The molecule has 3 rings (SSSR count). The molecule has 1 amide bonds. The molecule has 0 spiro atoms. The Kier molecular flexibility index (Phi) is 7.06. The summed E-state index contributed by atoms with van der Waals surface area (Å²) in [5.74, 6) is 0.612. The third-order valence-electron chi connectivity index (χ3n) is 5.15. The van der Waals surface area contributed by atoms with Crippen molar-refractivity contribution in [3.8, 4) is 5.75 Å². The maximum atomic E-state index is 12.7. The molecule has 1 saturated heterocycles. The Bertz CT molecular complexity index is 873. The van der Waals surface area contributed by atoms with Crippen LogP contribution in [0.5, 0.6) is 5.75 Å². The molecule has 0 radical (unpaired) electrons. The van der Waals surface area contributed by atoms with Gasteiger partial charge in [-0.3, -0.25) is 19.8 Å². The standard InChI is InChI=1S/C21H24ClN3O4/c1-29-17-9-6-15(7-10-17)20-5-3-2-4-12-24(20)14-21(26)23-19-11-8-16(25(27)28)13-18(19)22/h6-11,13,20H,2-5,12,14H2,1H3,(H,23,26). The number of anilines is 1. The highest BCUT2D eigenvalue weighted by atomic mass is 35.5. The van der Waals surface area contributed by atoms with Crippen LogP contribution < -0.4 is 10.1 Å². The summed E-state index contributed by atoms with van der Waals surface area (Å²) in [6.45, 7) is 1.06. The van der Waals surface area contributed by atoms with Gasteiger partial charge in [-0.25, -0.2) is 0 Å². The molecular formula is C21H24ClN3O4. The molecule has 1 unspecified atom stereocenters. The van der Waals surface area contributed by atoms with Gasteiger partial charge >= 0.3 is 0 Å². The number of nitrogens with zero attached hydrogens (tertiary/aromatic N) is 2. The smallest absolute Gasteiger partial charge is 0.271 e. The van der Waals surface area contributed by atoms with Gasteiger partial charge in [-0.15, -0.1) is 0 Å². The lowest BCUT2D eigenvalue weighted by Crippen LogP contribution is -2.36. The molecule has 1 aliphatic rings. The van der Waals surface area contributed by atoms with Crippen molar-refractivity contribution in [1.82, 2.24) is 4.90 Å². The van der Waals surface area contributed by atoms with E-state index in [1.165, 1.54) is 18.2 Å². The number of rotatable bonds is 6. The van der Waals surface area contributed by atoms with Crippen LogP contribution in [0.1, 0.15) is 37.3 Å². The van der Waals surface area contributed by atoms with Crippen LogP contribution in [0.15, 0.2) is 42.5 Å². The molecule has 0 aliphatic carbocycles. The molecule has 0 aromatic heterocycles. The van der Waals surface area contributed by atoms with E-state index in [1.807, 2.05) is 24.3 Å². The van der Waals surface area contributed by atoms with Crippen molar-refractivity contribution in [2.75, 3.05) is 25.5 Å². The predicted octanol–water partition coefficient (Wildman–Crippen LogP) is 4.81. The molecule has 1 aliphatic heterocycles. The zero-order valence-corrected chi connectivity index (χ0v) is 17.0. The third kappa shape index (κ3) is 5.46. The second-order valence-electron chi connectivity index (χ2n) is 7.08. The Morgan fingerprint density at radius 2 is 2.00 bits per heavy atom. The van der Waals surface area contributed by atoms with Crippen molar-refractivity contribution in [3.05, 3.63) is 63.2 Å². The highest BCUT2D eigenvalue weighted by Gasteiger charge is 2.25. The SMILES string of the molecule is COc1ccc(C2CCCCCN2CC(=O)Nc2ccc([N+](=O)[O-])cc2Cl)cc1. The number of carbonyl (C=O) groups is 1. The second kappa shape index (κ2) is 9.71. The largest absolute Gasteiger partial charge is 0.497 e. The van der Waals surface area contributed by atoms with Crippen LogP contribution in [0.2, 0.25) is 5.02 Å². The molecule has 1 atom stereocenters. The summed E-state index contributed by atoms with van der Waals surface area (Å²) in [6.07, 6.45) is 4.28. The number of carbonyl (C=O) groups excluding carboxylic acids is 1. The van der Waals surface area contributed by atoms with Crippen LogP contribution >= 0.6 is 11.6 Å². The van der Waals surface area contributed by atoms with E-state index < -0.39 is 4.92 Å². The average Bonchev–Trinajstić information content (AvgIpc) is 2.95.